The van der Waals surface area contributed by atoms with Gasteiger partial charge in [-0.15, -0.1) is 0 Å². The molecule has 0 saturated carbocycles. The zero-order valence-corrected chi connectivity index (χ0v) is 16.2. The number of aromatic nitrogens is 2. The monoisotopic (exact) mass is 373 g/mol. The number of aliphatic hydroxyl groups is 1. The van der Waals surface area contributed by atoms with E-state index in [1.54, 1.807) is 29.1 Å². The van der Waals surface area contributed by atoms with Crippen molar-refractivity contribution in [1.29, 1.82) is 0 Å². The van der Waals surface area contributed by atoms with E-state index in [0.717, 1.165) is 5.69 Å². The molecule has 8 heteroatoms. The van der Waals surface area contributed by atoms with Crippen LogP contribution in [-0.4, -0.2) is 46.7 Å². The molecule has 0 spiro atoms. The zero-order chi connectivity index (χ0) is 20.0. The topological polar surface area (TPSA) is 115 Å². The van der Waals surface area contributed by atoms with Gasteiger partial charge in [-0.1, -0.05) is 13.8 Å². The SMILES string of the molecule is CN=C(C(=O)NCC(C)(C)CO)c1cc(OCc2ccnn2C)ccc1N. The molecule has 4 N–H and O–H groups in total. The van der Waals surface area contributed by atoms with Crippen molar-refractivity contribution >= 4 is 17.3 Å². The number of anilines is 1. The van der Waals surface area contributed by atoms with E-state index in [1.807, 2.05) is 27.0 Å². The lowest BCUT2D eigenvalue weighted by Gasteiger charge is -2.22. The number of nitrogen functional groups attached to an aromatic ring is 1. The minimum Gasteiger partial charge on any atom is -0.487 e. The molecule has 0 radical (unpaired) electrons. The largest absolute Gasteiger partial charge is 0.487 e. The quantitative estimate of drug-likeness (QED) is 0.474. The predicted molar refractivity (Wildman–Crippen MR) is 105 cm³/mol. The van der Waals surface area contributed by atoms with Crippen molar-refractivity contribution in [2.45, 2.75) is 20.5 Å². The Kier molecular flexibility index (Phi) is 6.57. The van der Waals surface area contributed by atoms with Gasteiger partial charge in [-0.2, -0.15) is 5.10 Å². The first-order valence-corrected chi connectivity index (χ1v) is 8.63. The van der Waals surface area contributed by atoms with Crippen molar-refractivity contribution in [3.8, 4) is 5.75 Å². The highest BCUT2D eigenvalue weighted by Crippen LogP contribution is 2.22. The molecule has 0 bridgehead atoms. The molecule has 0 fully saturated rings. The number of carbonyl (C=O) groups excluding carboxylic acids is 1. The summed E-state index contributed by atoms with van der Waals surface area (Å²) in [4.78, 5) is 16.7. The Labute approximate surface area is 159 Å². The third-order valence-corrected chi connectivity index (χ3v) is 4.18. The second-order valence-electron chi connectivity index (χ2n) is 7.06. The minimum atomic E-state index is -0.423. The van der Waals surface area contributed by atoms with Crippen LogP contribution >= 0.6 is 0 Å². The fraction of sp³-hybridized carbons (Fsp3) is 0.421. The molecule has 2 rings (SSSR count). The van der Waals surface area contributed by atoms with Crippen LogP contribution in [-0.2, 0) is 18.4 Å². The predicted octanol–water partition coefficient (Wildman–Crippen LogP) is 1.13. The Bertz CT molecular complexity index is 827. The molecule has 0 unspecified atom stereocenters. The minimum absolute atomic E-state index is 0.0364. The maximum absolute atomic E-state index is 12.6. The smallest absolute Gasteiger partial charge is 0.270 e. The number of aryl methyl sites for hydroxylation is 1. The van der Waals surface area contributed by atoms with E-state index in [0.29, 0.717) is 30.2 Å². The van der Waals surface area contributed by atoms with E-state index in [4.69, 9.17) is 10.5 Å². The molecule has 2 aromatic rings. The first-order valence-electron chi connectivity index (χ1n) is 8.63. The lowest BCUT2D eigenvalue weighted by Crippen LogP contribution is -2.40. The summed E-state index contributed by atoms with van der Waals surface area (Å²) in [6, 6.07) is 7.00. The van der Waals surface area contributed by atoms with Crippen LogP contribution in [0, 0.1) is 5.41 Å². The number of nitrogens with one attached hydrogen (secondary N) is 1. The second-order valence-corrected chi connectivity index (χ2v) is 7.06. The number of nitrogens with zero attached hydrogens (tertiary/aromatic N) is 3. The van der Waals surface area contributed by atoms with Gasteiger partial charge in [0.15, 0.2) is 0 Å². The number of aliphatic hydroxyl groups excluding tert-OH is 1. The van der Waals surface area contributed by atoms with Crippen LogP contribution in [0.15, 0.2) is 35.5 Å². The number of ether oxygens (including phenoxy) is 1. The van der Waals surface area contributed by atoms with Crippen molar-refractivity contribution in [1.82, 2.24) is 15.1 Å². The van der Waals surface area contributed by atoms with E-state index in [9.17, 15) is 9.90 Å². The number of amides is 1. The lowest BCUT2D eigenvalue weighted by atomic mass is 9.95. The van der Waals surface area contributed by atoms with E-state index in [-0.39, 0.29) is 18.2 Å². The molecule has 1 heterocycles. The first-order chi connectivity index (χ1) is 12.8. The van der Waals surface area contributed by atoms with Gasteiger partial charge in [-0.25, -0.2) is 0 Å². The van der Waals surface area contributed by atoms with E-state index in [2.05, 4.69) is 15.4 Å². The number of benzene rings is 1. The number of hydrogen-bond acceptors (Lipinski definition) is 6. The van der Waals surface area contributed by atoms with Gasteiger partial charge in [0.2, 0.25) is 0 Å². The van der Waals surface area contributed by atoms with Crippen molar-refractivity contribution < 1.29 is 14.6 Å². The Morgan fingerprint density at radius 1 is 1.41 bits per heavy atom. The Balaban J connectivity index is 2.15. The maximum atomic E-state index is 12.6. The number of nitrogens with two attached hydrogens (primary N) is 1. The molecule has 0 aliphatic rings. The van der Waals surface area contributed by atoms with Crippen LogP contribution in [0.2, 0.25) is 0 Å². The third-order valence-electron chi connectivity index (χ3n) is 4.18. The summed E-state index contributed by atoms with van der Waals surface area (Å²) in [6.07, 6.45) is 1.70. The Morgan fingerprint density at radius 2 is 2.15 bits per heavy atom. The molecule has 27 heavy (non-hydrogen) atoms. The normalized spacial score (nSPS) is 12.1. The Hall–Kier alpha value is -2.87. The van der Waals surface area contributed by atoms with E-state index >= 15 is 0 Å². The highest BCUT2D eigenvalue weighted by Gasteiger charge is 2.21. The number of aliphatic imine (C=N–C) groups is 1. The zero-order valence-electron chi connectivity index (χ0n) is 16.2. The van der Waals surface area contributed by atoms with Gasteiger partial charge < -0.3 is 20.9 Å². The van der Waals surface area contributed by atoms with Crippen LogP contribution in [0.5, 0.6) is 5.75 Å². The van der Waals surface area contributed by atoms with Gasteiger partial charge >= 0.3 is 0 Å². The van der Waals surface area contributed by atoms with Crippen molar-refractivity contribution in [3.63, 3.8) is 0 Å². The molecule has 8 nitrogen and oxygen atoms in total. The molecule has 0 saturated heterocycles. The van der Waals surface area contributed by atoms with E-state index in [1.165, 1.54) is 7.05 Å². The van der Waals surface area contributed by atoms with Crippen LogP contribution in [0.1, 0.15) is 25.1 Å². The van der Waals surface area contributed by atoms with E-state index < -0.39 is 5.41 Å². The van der Waals surface area contributed by atoms with Gasteiger partial charge in [0, 0.05) is 50.1 Å². The summed E-state index contributed by atoms with van der Waals surface area (Å²) < 4.78 is 7.53. The van der Waals surface area contributed by atoms with Crippen LogP contribution < -0.4 is 15.8 Å². The summed E-state index contributed by atoms with van der Waals surface area (Å²) in [5.41, 5.74) is 7.70. The number of rotatable bonds is 8. The summed E-state index contributed by atoms with van der Waals surface area (Å²) in [5.74, 6) is 0.222. The summed E-state index contributed by atoms with van der Waals surface area (Å²) >= 11 is 0. The van der Waals surface area contributed by atoms with Gasteiger partial charge in [0.1, 0.15) is 18.1 Å². The molecular weight excluding hydrogens is 346 g/mol. The molecule has 0 aliphatic heterocycles. The van der Waals surface area contributed by atoms with Crippen molar-refractivity contribution in [3.05, 3.63) is 41.7 Å². The Morgan fingerprint density at radius 3 is 2.74 bits per heavy atom. The van der Waals surface area contributed by atoms with Gasteiger partial charge in [-0.05, 0) is 24.3 Å². The summed E-state index contributed by atoms with van der Waals surface area (Å²) in [5, 5.41) is 16.2. The van der Waals surface area contributed by atoms with Gasteiger partial charge in [-0.3, -0.25) is 14.5 Å². The number of carbonyl (C=O) groups is 1. The molecule has 1 amide bonds. The average molecular weight is 373 g/mol. The molecule has 1 aromatic carbocycles. The third kappa shape index (κ3) is 5.30. The summed E-state index contributed by atoms with van der Waals surface area (Å²) in [7, 11) is 3.38. The first kappa shape index (κ1) is 20.4. The van der Waals surface area contributed by atoms with Gasteiger partial charge in [0.05, 0.1) is 5.69 Å². The molecular formula is C19H27N5O3. The van der Waals surface area contributed by atoms with Crippen LogP contribution in [0.25, 0.3) is 0 Å². The van der Waals surface area contributed by atoms with Crippen LogP contribution in [0.3, 0.4) is 0 Å². The summed E-state index contributed by atoms with van der Waals surface area (Å²) in [6.45, 7) is 4.34. The fourth-order valence-electron chi connectivity index (χ4n) is 2.33. The lowest BCUT2D eigenvalue weighted by molar-refractivity contribution is -0.115. The van der Waals surface area contributed by atoms with Gasteiger partial charge in [0.25, 0.3) is 5.91 Å². The molecule has 146 valence electrons. The fourth-order valence-corrected chi connectivity index (χ4v) is 2.33. The molecule has 0 aliphatic carbocycles. The second kappa shape index (κ2) is 8.68. The average Bonchev–Trinajstić information content (AvgIpc) is 3.06. The van der Waals surface area contributed by atoms with Crippen molar-refractivity contribution in [2.75, 3.05) is 25.9 Å². The maximum Gasteiger partial charge on any atom is 0.270 e. The highest BCUT2D eigenvalue weighted by atomic mass is 16.5. The molecule has 0 atom stereocenters. The molecule has 1 aromatic heterocycles. The van der Waals surface area contributed by atoms with Crippen LogP contribution in [0.4, 0.5) is 5.69 Å². The number of hydrogen-bond donors (Lipinski definition) is 3. The highest BCUT2D eigenvalue weighted by molar-refractivity contribution is 6.46. The standard InChI is InChI=1S/C19H27N5O3/c1-19(2,12-25)11-22-18(26)17(21-3)15-9-14(5-6-16(15)20)27-10-13-7-8-23-24(13)4/h5-9,25H,10-12,20H2,1-4H3,(H,22,26). The van der Waals surface area contributed by atoms with Crippen molar-refractivity contribution in [2.24, 2.45) is 17.5 Å².